The molecular formula is C27H27N9. The van der Waals surface area contributed by atoms with Gasteiger partial charge in [0.2, 0.25) is 5.95 Å². The lowest BCUT2D eigenvalue weighted by Gasteiger charge is -2.25. The third-order valence-corrected chi connectivity index (χ3v) is 5.68. The Morgan fingerprint density at radius 1 is 1.00 bits per heavy atom. The van der Waals surface area contributed by atoms with E-state index in [1.54, 1.807) is 29.6 Å². The Morgan fingerprint density at radius 3 is 2.50 bits per heavy atom. The minimum Gasteiger partial charge on any atom is -0.368 e. The molecule has 0 unspecified atom stereocenters. The molecule has 4 aromatic heterocycles. The fourth-order valence-electron chi connectivity index (χ4n) is 4.09. The summed E-state index contributed by atoms with van der Waals surface area (Å²) in [6.07, 6.45) is 10.2. The summed E-state index contributed by atoms with van der Waals surface area (Å²) in [6.45, 7) is 8.59. The van der Waals surface area contributed by atoms with E-state index in [1.807, 2.05) is 18.2 Å². The van der Waals surface area contributed by atoms with Crippen LogP contribution in [0, 0.1) is 11.8 Å². The van der Waals surface area contributed by atoms with Crippen LogP contribution in [0.15, 0.2) is 55.5 Å². The highest BCUT2D eigenvalue weighted by Crippen LogP contribution is 2.35. The number of hydrogen-bond donors (Lipinski definition) is 1. The van der Waals surface area contributed by atoms with Crippen LogP contribution in [-0.2, 0) is 5.54 Å². The number of pyridine rings is 1. The number of fused-ring (bicyclic) bond motifs is 1. The highest BCUT2D eigenvalue weighted by molar-refractivity contribution is 5.86. The predicted octanol–water partition coefficient (Wildman–Crippen LogP) is 4.62. The Kier molecular flexibility index (Phi) is 5.94. The van der Waals surface area contributed by atoms with E-state index in [0.717, 1.165) is 52.0 Å². The first-order valence-electron chi connectivity index (χ1n) is 11.8. The van der Waals surface area contributed by atoms with E-state index in [-0.39, 0.29) is 11.5 Å². The van der Waals surface area contributed by atoms with Gasteiger partial charge in [0, 0.05) is 41.7 Å². The van der Waals surface area contributed by atoms with E-state index >= 15 is 0 Å². The maximum atomic E-state index is 5.67. The van der Waals surface area contributed by atoms with Crippen molar-refractivity contribution < 1.29 is 0 Å². The van der Waals surface area contributed by atoms with Crippen molar-refractivity contribution in [3.8, 4) is 40.2 Å². The smallest absolute Gasteiger partial charge is 0.219 e. The Balaban J connectivity index is 1.75. The molecule has 1 aromatic carbocycles. The third kappa shape index (κ3) is 4.41. The summed E-state index contributed by atoms with van der Waals surface area (Å²) in [5.74, 6) is 8.11. The molecule has 0 bridgehead atoms. The standard InChI is InChI=1S/C27H27N9/c1-5-6-7-8-18-11-21(24(30-13-18)35-17-29-16-33-35)25-34-22-12-19(20-14-31-26(28)32-15-20)9-10-23(22)36(25)27(2,3)4/h9-17H,5-6H2,1-4H3,(H2,28,31,32). The molecule has 5 rings (SSSR count). The fraction of sp³-hybridized carbons (Fsp3) is 0.259. The molecule has 0 aliphatic carbocycles. The van der Waals surface area contributed by atoms with Crippen LogP contribution in [0.1, 0.15) is 46.1 Å². The lowest BCUT2D eigenvalue weighted by Crippen LogP contribution is -2.23. The monoisotopic (exact) mass is 477 g/mol. The molecule has 9 heteroatoms. The van der Waals surface area contributed by atoms with Crippen molar-refractivity contribution in [3.05, 3.63) is 61.1 Å². The maximum Gasteiger partial charge on any atom is 0.219 e. The number of hydrogen-bond acceptors (Lipinski definition) is 7. The van der Waals surface area contributed by atoms with Crippen LogP contribution < -0.4 is 5.73 Å². The van der Waals surface area contributed by atoms with E-state index in [1.165, 1.54) is 6.33 Å². The lowest BCUT2D eigenvalue weighted by atomic mass is 10.1. The average molecular weight is 478 g/mol. The van der Waals surface area contributed by atoms with Crippen LogP contribution in [0.25, 0.3) is 39.4 Å². The van der Waals surface area contributed by atoms with Gasteiger partial charge in [-0.25, -0.2) is 29.6 Å². The number of aromatic nitrogens is 8. The van der Waals surface area contributed by atoms with E-state index in [9.17, 15) is 0 Å². The molecule has 0 saturated carbocycles. The fourth-order valence-corrected chi connectivity index (χ4v) is 4.09. The van der Waals surface area contributed by atoms with Gasteiger partial charge >= 0.3 is 0 Å². The zero-order valence-corrected chi connectivity index (χ0v) is 20.8. The molecule has 0 saturated heterocycles. The summed E-state index contributed by atoms with van der Waals surface area (Å²) < 4.78 is 3.88. The number of rotatable bonds is 4. The second-order valence-corrected chi connectivity index (χ2v) is 9.46. The van der Waals surface area contributed by atoms with Crippen molar-refractivity contribution in [3.63, 3.8) is 0 Å². The summed E-state index contributed by atoms with van der Waals surface area (Å²) in [7, 11) is 0. The quantitative estimate of drug-likeness (QED) is 0.376. The second-order valence-electron chi connectivity index (χ2n) is 9.46. The molecule has 2 N–H and O–H groups in total. The molecule has 4 heterocycles. The number of imidazole rings is 1. The van der Waals surface area contributed by atoms with Gasteiger partial charge in [-0.15, -0.1) is 0 Å². The van der Waals surface area contributed by atoms with Crippen molar-refractivity contribution in [2.75, 3.05) is 5.73 Å². The van der Waals surface area contributed by atoms with Gasteiger partial charge in [-0.1, -0.05) is 24.8 Å². The van der Waals surface area contributed by atoms with Gasteiger partial charge < -0.3 is 10.3 Å². The maximum absolute atomic E-state index is 5.67. The first kappa shape index (κ1) is 23.2. The molecule has 5 aromatic rings. The number of unbranched alkanes of at least 4 members (excludes halogenated alkanes) is 1. The van der Waals surface area contributed by atoms with E-state index in [2.05, 4.69) is 70.2 Å². The third-order valence-electron chi connectivity index (χ3n) is 5.68. The van der Waals surface area contributed by atoms with Crippen LogP contribution in [-0.4, -0.2) is 39.3 Å². The number of anilines is 1. The molecule has 36 heavy (non-hydrogen) atoms. The summed E-state index contributed by atoms with van der Waals surface area (Å²) in [5.41, 5.74) is 10.7. The minimum absolute atomic E-state index is 0.245. The molecular weight excluding hydrogens is 450 g/mol. The molecule has 0 aliphatic rings. The van der Waals surface area contributed by atoms with Crippen LogP contribution in [0.3, 0.4) is 0 Å². The van der Waals surface area contributed by atoms with E-state index in [0.29, 0.717) is 5.82 Å². The van der Waals surface area contributed by atoms with Gasteiger partial charge in [0.15, 0.2) is 5.82 Å². The van der Waals surface area contributed by atoms with Crippen LogP contribution in [0.5, 0.6) is 0 Å². The topological polar surface area (TPSA) is 113 Å². The number of nitrogens with two attached hydrogens (primary N) is 1. The van der Waals surface area contributed by atoms with Gasteiger partial charge in [-0.2, -0.15) is 5.10 Å². The lowest BCUT2D eigenvalue weighted by molar-refractivity contribution is 0.413. The van der Waals surface area contributed by atoms with Gasteiger partial charge in [-0.3, -0.25) is 0 Å². The van der Waals surface area contributed by atoms with E-state index < -0.39 is 0 Å². The number of benzene rings is 1. The number of nitrogens with zero attached hydrogens (tertiary/aromatic N) is 8. The first-order chi connectivity index (χ1) is 17.3. The minimum atomic E-state index is -0.264. The van der Waals surface area contributed by atoms with Gasteiger partial charge in [-0.05, 0) is 51.0 Å². The zero-order chi connectivity index (χ0) is 25.3. The van der Waals surface area contributed by atoms with E-state index in [4.69, 9.17) is 15.7 Å². The largest absolute Gasteiger partial charge is 0.368 e. The summed E-state index contributed by atoms with van der Waals surface area (Å²) in [4.78, 5) is 22.2. The van der Waals surface area contributed by atoms with Gasteiger partial charge in [0.05, 0.1) is 16.6 Å². The summed E-state index contributed by atoms with van der Waals surface area (Å²) in [5, 5.41) is 4.33. The molecule has 180 valence electrons. The highest BCUT2D eigenvalue weighted by Gasteiger charge is 2.25. The Hall–Kier alpha value is -4.58. The van der Waals surface area contributed by atoms with Gasteiger partial charge in [0.1, 0.15) is 18.5 Å². The Labute approximate surface area is 209 Å². The average Bonchev–Trinajstić information content (AvgIpc) is 3.52. The number of nitrogen functional groups attached to an aromatic ring is 1. The predicted molar refractivity (Wildman–Crippen MR) is 140 cm³/mol. The Morgan fingerprint density at radius 2 is 1.81 bits per heavy atom. The first-order valence-corrected chi connectivity index (χ1v) is 11.8. The molecule has 9 nitrogen and oxygen atoms in total. The van der Waals surface area contributed by atoms with Crippen LogP contribution in [0.2, 0.25) is 0 Å². The molecule has 0 aliphatic heterocycles. The van der Waals surface area contributed by atoms with Crippen LogP contribution >= 0.6 is 0 Å². The SMILES string of the molecule is CCCC#Cc1cnc(-n2cncn2)c(-c2nc3cc(-c4cnc(N)nc4)ccc3n2C(C)(C)C)c1. The normalized spacial score (nSPS) is 11.4. The molecule has 0 amide bonds. The second kappa shape index (κ2) is 9.23. The Bertz CT molecular complexity index is 1580. The van der Waals surface area contributed by atoms with Crippen molar-refractivity contribution in [1.82, 2.24) is 39.3 Å². The molecule has 0 fully saturated rings. The van der Waals surface area contributed by atoms with Crippen LogP contribution in [0.4, 0.5) is 5.95 Å². The molecule has 0 atom stereocenters. The molecule has 0 spiro atoms. The summed E-state index contributed by atoms with van der Waals surface area (Å²) >= 11 is 0. The molecule has 0 radical (unpaired) electrons. The zero-order valence-electron chi connectivity index (χ0n) is 20.8. The van der Waals surface area contributed by atoms with Crippen molar-refractivity contribution >= 4 is 17.0 Å². The highest BCUT2D eigenvalue weighted by atomic mass is 15.3. The van der Waals surface area contributed by atoms with Crippen molar-refractivity contribution in [2.24, 2.45) is 0 Å². The van der Waals surface area contributed by atoms with Crippen molar-refractivity contribution in [2.45, 2.75) is 46.1 Å². The van der Waals surface area contributed by atoms with Crippen molar-refractivity contribution in [1.29, 1.82) is 0 Å². The summed E-state index contributed by atoms with van der Waals surface area (Å²) in [6, 6.07) is 8.21. The van der Waals surface area contributed by atoms with Gasteiger partial charge in [0.25, 0.3) is 0 Å².